The van der Waals surface area contributed by atoms with Gasteiger partial charge in [-0.15, -0.1) is 0 Å². The van der Waals surface area contributed by atoms with E-state index in [4.69, 9.17) is 0 Å². The Labute approximate surface area is 94.0 Å². The van der Waals surface area contributed by atoms with Gasteiger partial charge in [0.25, 0.3) is 0 Å². The highest BCUT2D eigenvalue weighted by molar-refractivity contribution is 6.13. The summed E-state index contributed by atoms with van der Waals surface area (Å²) in [4.78, 5) is 15.9. The Kier molecular flexibility index (Phi) is 2.90. The molecule has 2 N–H and O–H groups in total. The Hall–Kier alpha value is -1.84. The summed E-state index contributed by atoms with van der Waals surface area (Å²) in [5.41, 5.74) is 0.743. The molecule has 0 saturated carbocycles. The van der Waals surface area contributed by atoms with Gasteiger partial charge < -0.3 is 10.4 Å². The zero-order valence-electron chi connectivity index (χ0n) is 9.10. The van der Waals surface area contributed by atoms with Crippen LogP contribution in [0.2, 0.25) is 0 Å². The van der Waals surface area contributed by atoms with Crippen molar-refractivity contribution in [1.29, 1.82) is 0 Å². The molecule has 1 aromatic carbocycles. The van der Waals surface area contributed by atoms with Gasteiger partial charge in [0.2, 0.25) is 5.91 Å². The minimum atomic E-state index is -0.276. The van der Waals surface area contributed by atoms with Gasteiger partial charge in [-0.1, -0.05) is 25.5 Å². The number of phenols is 1. The molecule has 1 heterocycles. The highest BCUT2D eigenvalue weighted by Crippen LogP contribution is 2.15. The summed E-state index contributed by atoms with van der Waals surface area (Å²) in [5, 5.41) is 12.1. The number of hydrogen-bond acceptors (Lipinski definition) is 3. The summed E-state index contributed by atoms with van der Waals surface area (Å²) in [6.07, 6.45) is 1.68. The lowest BCUT2D eigenvalue weighted by Crippen LogP contribution is -2.29. The van der Waals surface area contributed by atoms with E-state index in [0.29, 0.717) is 5.84 Å². The minimum absolute atomic E-state index is 0.0554. The van der Waals surface area contributed by atoms with Crippen LogP contribution in [0, 0.1) is 0 Å². The van der Waals surface area contributed by atoms with Crippen molar-refractivity contribution >= 4 is 11.7 Å². The number of rotatable bonds is 3. The third-order valence-corrected chi connectivity index (χ3v) is 2.51. The lowest BCUT2D eigenvalue weighted by Gasteiger charge is -2.00. The van der Waals surface area contributed by atoms with Crippen molar-refractivity contribution in [2.75, 3.05) is 0 Å². The number of benzene rings is 1. The smallest absolute Gasteiger partial charge is 0.250 e. The van der Waals surface area contributed by atoms with E-state index in [0.717, 1.165) is 18.4 Å². The molecule has 1 amide bonds. The molecule has 0 spiro atoms. The Bertz CT molecular complexity index is 440. The molecule has 0 fully saturated rings. The number of nitrogens with zero attached hydrogens (tertiary/aromatic N) is 1. The molecule has 4 heteroatoms. The van der Waals surface area contributed by atoms with E-state index in [-0.39, 0.29) is 17.7 Å². The quantitative estimate of drug-likeness (QED) is 0.806. The number of amides is 1. The van der Waals surface area contributed by atoms with Gasteiger partial charge in [0.05, 0.1) is 0 Å². The van der Waals surface area contributed by atoms with Crippen molar-refractivity contribution in [2.24, 2.45) is 4.99 Å². The molecule has 0 aromatic heterocycles. The first kappa shape index (κ1) is 10.7. The molecular formula is C12H14N2O2. The van der Waals surface area contributed by atoms with Gasteiger partial charge in [-0.05, 0) is 18.6 Å². The van der Waals surface area contributed by atoms with E-state index >= 15 is 0 Å². The van der Waals surface area contributed by atoms with Gasteiger partial charge in [0.1, 0.15) is 17.6 Å². The molecule has 0 saturated heterocycles. The van der Waals surface area contributed by atoms with Crippen molar-refractivity contribution in [3.8, 4) is 5.75 Å². The van der Waals surface area contributed by atoms with Crippen LogP contribution in [0.1, 0.15) is 25.3 Å². The second kappa shape index (κ2) is 4.35. The van der Waals surface area contributed by atoms with Crippen LogP contribution in [0.5, 0.6) is 5.75 Å². The fraction of sp³-hybridized carbons (Fsp3) is 0.333. The molecule has 16 heavy (non-hydrogen) atoms. The van der Waals surface area contributed by atoms with Crippen molar-refractivity contribution in [2.45, 2.75) is 25.8 Å². The summed E-state index contributed by atoms with van der Waals surface area (Å²) in [6.45, 7) is 2.02. The average Bonchev–Trinajstić information content (AvgIpc) is 2.61. The zero-order valence-corrected chi connectivity index (χ0v) is 9.10. The molecular weight excluding hydrogens is 204 g/mol. The molecule has 1 unspecified atom stereocenters. The van der Waals surface area contributed by atoms with Crippen LogP contribution in [-0.2, 0) is 4.79 Å². The zero-order chi connectivity index (χ0) is 11.5. The van der Waals surface area contributed by atoms with Gasteiger partial charge in [-0.3, -0.25) is 9.79 Å². The first-order valence-electron chi connectivity index (χ1n) is 5.38. The van der Waals surface area contributed by atoms with Crippen LogP contribution in [0.25, 0.3) is 0 Å². The molecule has 0 bridgehead atoms. The molecule has 1 atom stereocenters. The maximum Gasteiger partial charge on any atom is 0.250 e. The highest BCUT2D eigenvalue weighted by atomic mass is 16.3. The predicted octanol–water partition coefficient (Wildman–Crippen LogP) is 1.44. The first-order chi connectivity index (χ1) is 7.70. The van der Waals surface area contributed by atoms with Gasteiger partial charge in [0, 0.05) is 5.56 Å². The Balaban J connectivity index is 2.23. The first-order valence-corrected chi connectivity index (χ1v) is 5.38. The van der Waals surface area contributed by atoms with Crippen LogP contribution >= 0.6 is 0 Å². The van der Waals surface area contributed by atoms with Crippen molar-refractivity contribution in [3.63, 3.8) is 0 Å². The lowest BCUT2D eigenvalue weighted by atomic mass is 10.2. The van der Waals surface area contributed by atoms with Gasteiger partial charge in [0.15, 0.2) is 0 Å². The maximum absolute atomic E-state index is 11.5. The molecule has 0 radical (unpaired) electrons. The number of hydrogen-bond donors (Lipinski definition) is 2. The van der Waals surface area contributed by atoms with E-state index in [1.54, 1.807) is 18.2 Å². The third kappa shape index (κ3) is 2.05. The highest BCUT2D eigenvalue weighted by Gasteiger charge is 2.25. The largest absolute Gasteiger partial charge is 0.508 e. The van der Waals surface area contributed by atoms with E-state index in [1.165, 1.54) is 0 Å². The summed E-state index contributed by atoms with van der Waals surface area (Å²) in [7, 11) is 0. The summed E-state index contributed by atoms with van der Waals surface area (Å²) >= 11 is 0. The van der Waals surface area contributed by atoms with E-state index in [9.17, 15) is 9.90 Å². The standard InChI is InChI=1S/C12H14N2O2/c1-2-4-10-12(16)14-11(13-10)8-5-3-6-9(15)7-8/h3,5-7,10,15H,2,4H2,1H3,(H,13,14,16). The number of carbonyl (C=O) groups excluding carboxylic acids is 1. The molecule has 2 rings (SSSR count). The molecule has 0 aliphatic carbocycles. The lowest BCUT2D eigenvalue weighted by molar-refractivity contribution is -0.120. The fourth-order valence-corrected chi connectivity index (χ4v) is 1.72. The van der Waals surface area contributed by atoms with Crippen LogP contribution in [-0.4, -0.2) is 22.9 Å². The monoisotopic (exact) mass is 218 g/mol. The van der Waals surface area contributed by atoms with Gasteiger partial charge >= 0.3 is 0 Å². The topological polar surface area (TPSA) is 61.7 Å². The molecule has 1 aliphatic rings. The third-order valence-electron chi connectivity index (χ3n) is 2.51. The average molecular weight is 218 g/mol. The van der Waals surface area contributed by atoms with Crippen LogP contribution < -0.4 is 5.32 Å². The second-order valence-corrected chi connectivity index (χ2v) is 3.82. The van der Waals surface area contributed by atoms with Crippen molar-refractivity contribution in [1.82, 2.24) is 5.32 Å². The summed E-state index contributed by atoms with van der Waals surface area (Å²) < 4.78 is 0. The second-order valence-electron chi connectivity index (χ2n) is 3.82. The summed E-state index contributed by atoms with van der Waals surface area (Å²) in [5.74, 6) is 0.674. The van der Waals surface area contributed by atoms with Gasteiger partial charge in [-0.25, -0.2) is 0 Å². The van der Waals surface area contributed by atoms with Crippen LogP contribution in [0.3, 0.4) is 0 Å². The molecule has 4 nitrogen and oxygen atoms in total. The van der Waals surface area contributed by atoms with Crippen LogP contribution in [0.15, 0.2) is 29.3 Å². The summed E-state index contributed by atoms with van der Waals surface area (Å²) in [6, 6.07) is 6.44. The van der Waals surface area contributed by atoms with E-state index in [2.05, 4.69) is 10.3 Å². The van der Waals surface area contributed by atoms with Crippen molar-refractivity contribution in [3.05, 3.63) is 29.8 Å². The Morgan fingerprint density at radius 2 is 2.31 bits per heavy atom. The van der Waals surface area contributed by atoms with E-state index in [1.807, 2.05) is 13.0 Å². The Morgan fingerprint density at radius 1 is 1.50 bits per heavy atom. The number of aliphatic imine (C=N–C) groups is 1. The van der Waals surface area contributed by atoms with Gasteiger partial charge in [-0.2, -0.15) is 0 Å². The number of nitrogens with one attached hydrogen (secondary N) is 1. The normalized spacial score (nSPS) is 19.4. The molecule has 84 valence electrons. The number of amidine groups is 1. The van der Waals surface area contributed by atoms with E-state index < -0.39 is 0 Å². The minimum Gasteiger partial charge on any atom is -0.508 e. The van der Waals surface area contributed by atoms with Crippen molar-refractivity contribution < 1.29 is 9.90 Å². The maximum atomic E-state index is 11.5. The SMILES string of the molecule is CCCC1N=C(c2cccc(O)c2)NC1=O. The number of aromatic hydroxyl groups is 1. The molecule has 1 aromatic rings. The number of carbonyl (C=O) groups is 1. The molecule has 1 aliphatic heterocycles. The predicted molar refractivity (Wildman–Crippen MR) is 61.5 cm³/mol. The fourth-order valence-electron chi connectivity index (χ4n) is 1.72. The van der Waals surface area contributed by atoms with Crippen LogP contribution in [0.4, 0.5) is 0 Å². The number of phenolic OH excluding ortho intramolecular Hbond substituents is 1. The Morgan fingerprint density at radius 3 is 3.00 bits per heavy atom.